The Morgan fingerprint density at radius 3 is 2.86 bits per heavy atom. The molecule has 1 aromatic heterocycles. The molecule has 0 aliphatic carbocycles. The van der Waals surface area contributed by atoms with E-state index in [1.54, 1.807) is 13.3 Å². The van der Waals surface area contributed by atoms with Crippen LogP contribution in [0.4, 0.5) is 4.79 Å². The first kappa shape index (κ1) is 24.5. The Labute approximate surface area is 184 Å². The van der Waals surface area contributed by atoms with Gasteiger partial charge in [0.05, 0.1) is 12.3 Å². The molecule has 1 amide bonds. The summed E-state index contributed by atoms with van der Waals surface area (Å²) in [6.07, 6.45) is 3.01. The van der Waals surface area contributed by atoms with Gasteiger partial charge in [0.2, 0.25) is 0 Å². The van der Waals surface area contributed by atoms with E-state index in [9.17, 15) is 4.79 Å². The molecule has 28 heavy (non-hydrogen) atoms. The summed E-state index contributed by atoms with van der Waals surface area (Å²) in [7, 11) is 1.77. The number of rotatable bonds is 7. The van der Waals surface area contributed by atoms with Gasteiger partial charge in [0.1, 0.15) is 18.0 Å². The molecule has 9 heteroatoms. The van der Waals surface area contributed by atoms with Crippen molar-refractivity contribution in [3.8, 4) is 0 Å². The Morgan fingerprint density at radius 1 is 1.43 bits per heavy atom. The summed E-state index contributed by atoms with van der Waals surface area (Å²) < 4.78 is 16.1. The highest BCUT2D eigenvalue weighted by molar-refractivity contribution is 14.0. The summed E-state index contributed by atoms with van der Waals surface area (Å²) in [4.78, 5) is 18.4. The lowest BCUT2D eigenvalue weighted by atomic mass is 10.2. The van der Waals surface area contributed by atoms with Crippen LogP contribution in [-0.2, 0) is 16.1 Å². The molecule has 1 aliphatic heterocycles. The van der Waals surface area contributed by atoms with Crippen molar-refractivity contribution in [3.05, 3.63) is 24.2 Å². The van der Waals surface area contributed by atoms with Crippen molar-refractivity contribution in [1.82, 2.24) is 15.5 Å². The number of hydrogen-bond donors (Lipinski definition) is 2. The SMILES string of the molecule is CN=C(NCCCOCc1ccco1)N1CCC(NC(=O)OC(C)(C)C)C1.I. The fourth-order valence-corrected chi connectivity index (χ4v) is 2.82. The summed E-state index contributed by atoms with van der Waals surface area (Å²) in [5, 5.41) is 6.27. The van der Waals surface area contributed by atoms with Crippen LogP contribution >= 0.6 is 24.0 Å². The molecular formula is C19H33IN4O4. The van der Waals surface area contributed by atoms with Crippen LogP contribution in [-0.4, -0.2) is 61.9 Å². The van der Waals surface area contributed by atoms with E-state index in [1.165, 1.54) is 0 Å². The topological polar surface area (TPSA) is 88.3 Å². The maximum absolute atomic E-state index is 11.9. The second kappa shape index (κ2) is 12.2. The van der Waals surface area contributed by atoms with Crippen molar-refractivity contribution in [2.45, 2.75) is 51.9 Å². The lowest BCUT2D eigenvalue weighted by Gasteiger charge is -2.23. The number of ether oxygens (including phenoxy) is 2. The highest BCUT2D eigenvalue weighted by Crippen LogP contribution is 2.12. The van der Waals surface area contributed by atoms with Crippen molar-refractivity contribution >= 4 is 36.0 Å². The normalized spacial score (nSPS) is 17.2. The first-order valence-corrected chi connectivity index (χ1v) is 9.42. The number of halogens is 1. The molecule has 0 radical (unpaired) electrons. The number of carbonyl (C=O) groups excluding carboxylic acids is 1. The van der Waals surface area contributed by atoms with Crippen molar-refractivity contribution < 1.29 is 18.7 Å². The van der Waals surface area contributed by atoms with Crippen LogP contribution in [0.15, 0.2) is 27.8 Å². The second-order valence-electron chi connectivity index (χ2n) is 7.54. The minimum absolute atomic E-state index is 0. The van der Waals surface area contributed by atoms with E-state index in [1.807, 2.05) is 32.9 Å². The quantitative estimate of drug-likeness (QED) is 0.255. The zero-order valence-corrected chi connectivity index (χ0v) is 19.5. The van der Waals surface area contributed by atoms with E-state index in [0.717, 1.165) is 37.7 Å². The minimum atomic E-state index is -0.487. The molecular weight excluding hydrogens is 475 g/mol. The van der Waals surface area contributed by atoms with E-state index in [4.69, 9.17) is 13.9 Å². The molecule has 0 bridgehead atoms. The predicted octanol–water partition coefficient (Wildman–Crippen LogP) is 2.98. The van der Waals surface area contributed by atoms with E-state index in [-0.39, 0.29) is 36.1 Å². The van der Waals surface area contributed by atoms with Crippen molar-refractivity contribution in [3.63, 3.8) is 0 Å². The maximum atomic E-state index is 11.9. The number of carbonyl (C=O) groups is 1. The number of nitrogens with zero attached hydrogens (tertiary/aromatic N) is 2. The number of guanidine groups is 1. The monoisotopic (exact) mass is 508 g/mol. The Hall–Kier alpha value is -1.49. The van der Waals surface area contributed by atoms with Crippen LogP contribution < -0.4 is 10.6 Å². The number of aliphatic imine (C=N–C) groups is 1. The van der Waals surface area contributed by atoms with Crippen molar-refractivity contribution in [2.75, 3.05) is 33.3 Å². The largest absolute Gasteiger partial charge is 0.467 e. The third kappa shape index (κ3) is 9.13. The maximum Gasteiger partial charge on any atom is 0.407 e. The number of furan rings is 1. The number of hydrogen-bond acceptors (Lipinski definition) is 5. The fraction of sp³-hybridized carbons (Fsp3) is 0.684. The van der Waals surface area contributed by atoms with Gasteiger partial charge in [-0.1, -0.05) is 0 Å². The molecule has 2 N–H and O–H groups in total. The Morgan fingerprint density at radius 2 is 2.21 bits per heavy atom. The lowest BCUT2D eigenvalue weighted by Crippen LogP contribution is -2.44. The van der Waals surface area contributed by atoms with Crippen molar-refractivity contribution in [2.24, 2.45) is 4.99 Å². The Bertz CT molecular complexity index is 602. The Kier molecular flexibility index (Phi) is 10.7. The number of likely N-dealkylation sites (tertiary alicyclic amines) is 1. The number of alkyl carbamates (subject to hydrolysis) is 1. The molecule has 2 rings (SSSR count). The molecule has 2 heterocycles. The molecule has 1 atom stereocenters. The summed E-state index contributed by atoms with van der Waals surface area (Å²) >= 11 is 0. The molecule has 1 unspecified atom stereocenters. The van der Waals surface area contributed by atoms with E-state index in [2.05, 4.69) is 20.5 Å². The van der Waals surface area contributed by atoms with Crippen LogP contribution in [0.2, 0.25) is 0 Å². The molecule has 1 fully saturated rings. The van der Waals surface area contributed by atoms with Crippen molar-refractivity contribution in [1.29, 1.82) is 0 Å². The Balaban J connectivity index is 0.00000392. The zero-order valence-electron chi connectivity index (χ0n) is 17.2. The van der Waals surface area contributed by atoms with Crippen LogP contribution in [0.25, 0.3) is 0 Å². The zero-order chi connectivity index (χ0) is 19.7. The first-order valence-electron chi connectivity index (χ1n) is 9.42. The van der Waals surface area contributed by atoms with Gasteiger partial charge in [0, 0.05) is 33.3 Å². The highest BCUT2D eigenvalue weighted by Gasteiger charge is 2.27. The summed E-state index contributed by atoms with van der Waals surface area (Å²) in [5.41, 5.74) is -0.487. The molecule has 1 saturated heterocycles. The lowest BCUT2D eigenvalue weighted by molar-refractivity contribution is 0.0507. The number of nitrogens with one attached hydrogen (secondary N) is 2. The smallest absolute Gasteiger partial charge is 0.407 e. The third-order valence-corrected chi connectivity index (χ3v) is 3.99. The predicted molar refractivity (Wildman–Crippen MR) is 119 cm³/mol. The van der Waals surface area contributed by atoms with Gasteiger partial charge in [-0.05, 0) is 45.7 Å². The molecule has 0 saturated carbocycles. The van der Waals surface area contributed by atoms with Gasteiger partial charge in [-0.15, -0.1) is 24.0 Å². The van der Waals surface area contributed by atoms with Crippen LogP contribution in [0.3, 0.4) is 0 Å². The van der Waals surface area contributed by atoms with Gasteiger partial charge < -0.3 is 29.4 Å². The summed E-state index contributed by atoms with van der Waals surface area (Å²) in [5.74, 6) is 1.67. The standard InChI is InChI=1S/C19H32N4O4.HI/c1-19(2,3)27-18(24)22-15-8-10-23(13-15)17(20-4)21-9-6-11-25-14-16-7-5-12-26-16;/h5,7,12,15H,6,8-11,13-14H2,1-4H3,(H,20,21)(H,22,24);1H. The van der Waals surface area contributed by atoms with E-state index >= 15 is 0 Å². The van der Waals surface area contributed by atoms with Crippen LogP contribution in [0.1, 0.15) is 39.4 Å². The minimum Gasteiger partial charge on any atom is -0.467 e. The van der Waals surface area contributed by atoms with E-state index < -0.39 is 5.60 Å². The molecule has 160 valence electrons. The second-order valence-corrected chi connectivity index (χ2v) is 7.54. The average Bonchev–Trinajstić information content (AvgIpc) is 3.24. The van der Waals surface area contributed by atoms with Gasteiger partial charge in [-0.2, -0.15) is 0 Å². The van der Waals surface area contributed by atoms with Gasteiger partial charge in [-0.25, -0.2) is 4.79 Å². The van der Waals surface area contributed by atoms with Crippen LogP contribution in [0.5, 0.6) is 0 Å². The van der Waals surface area contributed by atoms with Gasteiger partial charge in [-0.3, -0.25) is 4.99 Å². The van der Waals surface area contributed by atoms with Gasteiger partial charge in [0.15, 0.2) is 5.96 Å². The molecule has 8 nitrogen and oxygen atoms in total. The molecule has 1 aromatic rings. The number of amides is 1. The average molecular weight is 508 g/mol. The highest BCUT2D eigenvalue weighted by atomic mass is 127. The first-order chi connectivity index (χ1) is 12.9. The fourth-order valence-electron chi connectivity index (χ4n) is 2.82. The van der Waals surface area contributed by atoms with E-state index in [0.29, 0.717) is 19.8 Å². The summed E-state index contributed by atoms with van der Waals surface area (Å²) in [6, 6.07) is 3.82. The van der Waals surface area contributed by atoms with Crippen LogP contribution in [0, 0.1) is 0 Å². The third-order valence-electron chi connectivity index (χ3n) is 3.99. The summed E-state index contributed by atoms with van der Waals surface area (Å²) in [6.45, 7) is 9.04. The van der Waals surface area contributed by atoms with Gasteiger partial charge >= 0.3 is 6.09 Å². The molecule has 0 aromatic carbocycles. The van der Waals surface area contributed by atoms with Gasteiger partial charge in [0.25, 0.3) is 0 Å². The molecule has 1 aliphatic rings. The molecule has 0 spiro atoms.